The molecule has 0 radical (unpaired) electrons. The van der Waals surface area contributed by atoms with Crippen LogP contribution in [0.4, 0.5) is 0 Å². The summed E-state index contributed by atoms with van der Waals surface area (Å²) in [5.41, 5.74) is 0.0823. The summed E-state index contributed by atoms with van der Waals surface area (Å²) in [5.74, 6) is 1.32. The largest absolute Gasteiger partial charge is 0.497 e. The molecule has 6 nitrogen and oxygen atoms in total. The van der Waals surface area contributed by atoms with Gasteiger partial charge in [-0.05, 0) is 96.8 Å². The fourth-order valence-electron chi connectivity index (χ4n) is 6.60. The van der Waals surface area contributed by atoms with Gasteiger partial charge < -0.3 is 14.4 Å². The number of halogens is 1. The first-order chi connectivity index (χ1) is 18.2. The Bertz CT molecular complexity index is 1210. The zero-order valence-electron chi connectivity index (χ0n) is 22.5. The number of benzene rings is 1. The Morgan fingerprint density at radius 1 is 1.24 bits per heavy atom. The number of likely N-dealkylation sites (N-methyl/N-ethyl adjacent to an activating group) is 1. The van der Waals surface area contributed by atoms with Crippen molar-refractivity contribution in [2.24, 2.45) is 5.92 Å². The zero-order chi connectivity index (χ0) is 26.9. The molecular formula is C30H37BrN2O4S. The molecule has 0 N–H and O–H groups in total. The Morgan fingerprint density at radius 2 is 2.05 bits per heavy atom. The number of fused-ring (bicyclic) bond motifs is 1. The topological polar surface area (TPSA) is 59.1 Å². The van der Waals surface area contributed by atoms with Gasteiger partial charge in [0.2, 0.25) is 5.91 Å². The number of esters is 1. The van der Waals surface area contributed by atoms with Crippen LogP contribution in [0.2, 0.25) is 0 Å². The van der Waals surface area contributed by atoms with Gasteiger partial charge in [-0.25, -0.2) is 0 Å². The maximum atomic E-state index is 13.3. The van der Waals surface area contributed by atoms with Crippen molar-refractivity contribution in [3.8, 4) is 5.75 Å². The third-order valence-corrected chi connectivity index (χ3v) is 10.4. The molecule has 0 spiro atoms. The molecule has 5 rings (SSSR count). The minimum absolute atomic E-state index is 0.00790. The number of rotatable bonds is 8. The summed E-state index contributed by atoms with van der Waals surface area (Å²) in [7, 11) is 3.59. The first-order valence-electron chi connectivity index (χ1n) is 13.5. The fourth-order valence-corrected chi connectivity index (χ4v) is 7.94. The van der Waals surface area contributed by atoms with Gasteiger partial charge in [-0.3, -0.25) is 14.5 Å². The highest BCUT2D eigenvalue weighted by Crippen LogP contribution is 2.55. The number of carbonyl (C=O) groups excluding carboxylic acids is 2. The Balaban J connectivity index is 1.47. The van der Waals surface area contributed by atoms with E-state index in [4.69, 9.17) is 9.47 Å². The van der Waals surface area contributed by atoms with E-state index in [0.717, 1.165) is 71.9 Å². The molecule has 8 heteroatoms. The van der Waals surface area contributed by atoms with E-state index < -0.39 is 11.0 Å². The van der Waals surface area contributed by atoms with Crippen LogP contribution in [0.3, 0.4) is 0 Å². The smallest absolute Gasteiger partial charge is 0.303 e. The average molecular weight is 602 g/mol. The van der Waals surface area contributed by atoms with Crippen molar-refractivity contribution >= 4 is 45.2 Å². The predicted molar refractivity (Wildman–Crippen MR) is 154 cm³/mol. The molecule has 3 fully saturated rings. The number of ether oxygens (including phenoxy) is 2. The van der Waals surface area contributed by atoms with Crippen molar-refractivity contribution in [2.75, 3.05) is 33.8 Å². The molecule has 0 bridgehead atoms. The third-order valence-electron chi connectivity index (χ3n) is 8.72. The van der Waals surface area contributed by atoms with E-state index in [-0.39, 0.29) is 17.9 Å². The lowest BCUT2D eigenvalue weighted by atomic mass is 9.55. The van der Waals surface area contributed by atoms with Crippen molar-refractivity contribution in [1.29, 1.82) is 0 Å². The molecule has 1 aromatic carbocycles. The summed E-state index contributed by atoms with van der Waals surface area (Å²) in [4.78, 5) is 31.3. The van der Waals surface area contributed by atoms with Crippen LogP contribution in [0.5, 0.6) is 5.75 Å². The summed E-state index contributed by atoms with van der Waals surface area (Å²) in [5, 5.41) is 2.01. The Labute approximate surface area is 238 Å². The summed E-state index contributed by atoms with van der Waals surface area (Å²) in [6.45, 7) is 4.29. The summed E-state index contributed by atoms with van der Waals surface area (Å²) < 4.78 is 13.0. The van der Waals surface area contributed by atoms with Gasteiger partial charge in [0, 0.05) is 59.3 Å². The maximum Gasteiger partial charge on any atom is 0.303 e. The van der Waals surface area contributed by atoms with Crippen LogP contribution in [-0.4, -0.2) is 67.1 Å². The molecular weight excluding hydrogens is 564 g/mol. The molecule has 38 heavy (non-hydrogen) atoms. The van der Waals surface area contributed by atoms with Gasteiger partial charge in [0.1, 0.15) is 11.4 Å². The van der Waals surface area contributed by atoms with E-state index in [1.807, 2.05) is 41.6 Å². The van der Waals surface area contributed by atoms with Crippen LogP contribution < -0.4 is 4.74 Å². The number of thiophene rings is 1. The highest BCUT2D eigenvalue weighted by atomic mass is 79.9. The zero-order valence-corrected chi connectivity index (χ0v) is 24.9. The van der Waals surface area contributed by atoms with Gasteiger partial charge in [0.25, 0.3) is 0 Å². The number of piperidine rings is 1. The van der Waals surface area contributed by atoms with Crippen molar-refractivity contribution in [3.05, 3.63) is 56.7 Å². The molecule has 1 aliphatic heterocycles. The number of amides is 1. The van der Waals surface area contributed by atoms with Crippen LogP contribution in [-0.2, 0) is 19.7 Å². The first-order valence-corrected chi connectivity index (χ1v) is 15.2. The Kier molecular flexibility index (Phi) is 8.04. The minimum Gasteiger partial charge on any atom is -0.497 e. The van der Waals surface area contributed by atoms with Gasteiger partial charge in [-0.2, -0.15) is 0 Å². The second-order valence-electron chi connectivity index (χ2n) is 11.2. The summed E-state index contributed by atoms with van der Waals surface area (Å²) in [6.07, 6.45) is 9.26. The van der Waals surface area contributed by atoms with Crippen molar-refractivity contribution in [3.63, 3.8) is 0 Å². The molecule has 1 amide bonds. The van der Waals surface area contributed by atoms with Crippen LogP contribution in [0.15, 0.2) is 46.3 Å². The number of hydrogen-bond donors (Lipinski definition) is 0. The summed E-state index contributed by atoms with van der Waals surface area (Å²) >= 11 is 5.08. The van der Waals surface area contributed by atoms with Crippen molar-refractivity contribution in [2.45, 2.75) is 62.5 Å². The second kappa shape index (κ2) is 11.1. The molecule has 1 aromatic heterocycles. The Morgan fingerprint density at radius 3 is 2.74 bits per heavy atom. The third kappa shape index (κ3) is 5.58. The van der Waals surface area contributed by atoms with E-state index in [2.05, 4.69) is 33.0 Å². The molecule has 2 aromatic rings. The lowest BCUT2D eigenvalue weighted by molar-refractivity contribution is -0.190. The van der Waals surface area contributed by atoms with Crippen LogP contribution in [0, 0.1) is 5.92 Å². The standard InChI is InChI=1S/C30H37BrN2O4S/c1-21(34)37-30-12-11-25(32(2)28(35)10-9-27-16-24(31)19-38-27)17-29(30,23-5-4-6-26(15-23)36-3)13-14-33(20-30)18-22-7-8-22/h4-6,9-10,15-16,19,22,25H,7-8,11-14,17-18,20H2,1-3H3/b10-9+/t25-,29+,30+/m1/s1. The molecule has 204 valence electrons. The van der Waals surface area contributed by atoms with E-state index >= 15 is 0 Å². The minimum atomic E-state index is -0.641. The van der Waals surface area contributed by atoms with Gasteiger partial charge in [-0.15, -0.1) is 11.3 Å². The second-order valence-corrected chi connectivity index (χ2v) is 13.0. The number of carbonyl (C=O) groups is 2. The van der Waals surface area contributed by atoms with Crippen LogP contribution in [0.25, 0.3) is 6.08 Å². The normalized spacial score (nSPS) is 27.6. The number of nitrogens with zero attached hydrogens (tertiary/aromatic N) is 2. The number of methoxy groups -OCH3 is 1. The van der Waals surface area contributed by atoms with E-state index in [1.165, 1.54) is 19.8 Å². The lowest BCUT2D eigenvalue weighted by Crippen LogP contribution is -2.68. The quantitative estimate of drug-likeness (QED) is 0.279. The fraction of sp³-hybridized carbons (Fsp3) is 0.533. The molecule has 2 saturated carbocycles. The first kappa shape index (κ1) is 27.4. The Hall–Kier alpha value is -2.16. The predicted octanol–water partition coefficient (Wildman–Crippen LogP) is 5.90. The average Bonchev–Trinajstić information content (AvgIpc) is 3.63. The van der Waals surface area contributed by atoms with Crippen molar-refractivity contribution < 1.29 is 19.1 Å². The lowest BCUT2D eigenvalue weighted by Gasteiger charge is -2.60. The molecule has 3 atom stereocenters. The maximum absolute atomic E-state index is 13.3. The van der Waals surface area contributed by atoms with Gasteiger partial charge in [-0.1, -0.05) is 12.1 Å². The van der Waals surface area contributed by atoms with Crippen LogP contribution in [0.1, 0.15) is 55.9 Å². The van der Waals surface area contributed by atoms with E-state index in [0.29, 0.717) is 0 Å². The van der Waals surface area contributed by atoms with Gasteiger partial charge in [0.05, 0.1) is 7.11 Å². The molecule has 3 aliphatic rings. The van der Waals surface area contributed by atoms with Gasteiger partial charge >= 0.3 is 5.97 Å². The molecule has 2 heterocycles. The van der Waals surface area contributed by atoms with Crippen LogP contribution >= 0.6 is 27.3 Å². The van der Waals surface area contributed by atoms with E-state index in [1.54, 1.807) is 24.5 Å². The SMILES string of the molecule is COc1cccc([C@@]23CCN(CC4CC4)C[C@@]2(OC(C)=O)CC[C@@H](N(C)C(=O)/C=C/c2cc(Br)cs2)C3)c1. The highest BCUT2D eigenvalue weighted by Gasteiger charge is 2.61. The number of likely N-dealkylation sites (tertiary alicyclic amines) is 1. The molecule has 0 unspecified atom stereocenters. The molecule has 2 aliphatic carbocycles. The van der Waals surface area contributed by atoms with Crippen molar-refractivity contribution in [1.82, 2.24) is 9.80 Å². The van der Waals surface area contributed by atoms with E-state index in [9.17, 15) is 9.59 Å². The highest BCUT2D eigenvalue weighted by molar-refractivity contribution is 9.10. The summed E-state index contributed by atoms with van der Waals surface area (Å²) in [6, 6.07) is 10.3. The monoisotopic (exact) mass is 600 g/mol. The number of hydrogen-bond acceptors (Lipinski definition) is 6. The van der Waals surface area contributed by atoms with Gasteiger partial charge in [0.15, 0.2) is 0 Å². The molecule has 1 saturated heterocycles.